The summed E-state index contributed by atoms with van der Waals surface area (Å²) in [6.07, 6.45) is 1.25. The highest BCUT2D eigenvalue weighted by Gasteiger charge is 2.50. The van der Waals surface area contributed by atoms with E-state index in [1.165, 1.54) is 4.90 Å². The van der Waals surface area contributed by atoms with E-state index in [1.54, 1.807) is 14.1 Å². The zero-order valence-electron chi connectivity index (χ0n) is 15.1. The van der Waals surface area contributed by atoms with Crippen molar-refractivity contribution in [3.63, 3.8) is 0 Å². The van der Waals surface area contributed by atoms with Gasteiger partial charge in [-0.15, -0.1) is 0 Å². The molecule has 1 heterocycles. The van der Waals surface area contributed by atoms with E-state index in [0.29, 0.717) is 16.8 Å². The third kappa shape index (κ3) is 6.31. The zero-order valence-corrected chi connectivity index (χ0v) is 16.0. The van der Waals surface area contributed by atoms with Gasteiger partial charge in [0.1, 0.15) is 6.54 Å². The second-order valence-electron chi connectivity index (χ2n) is 6.15. The van der Waals surface area contributed by atoms with Gasteiger partial charge >= 0.3 is 15.5 Å². The lowest BCUT2D eigenvalue weighted by Gasteiger charge is -2.32. The fourth-order valence-corrected chi connectivity index (χ4v) is 3.25. The molecule has 0 atom stereocenters. The van der Waals surface area contributed by atoms with Gasteiger partial charge in [0.05, 0.1) is 0 Å². The number of hydrogen-bond donors (Lipinski definition) is 2. The number of rotatable bonds is 6. The number of guanidine groups is 1. The molecule has 2 N–H and O–H groups in total. The second kappa shape index (κ2) is 9.40. The Bertz CT molecular complexity index is 599. The third-order valence-corrected chi connectivity index (χ3v) is 5.47. The first-order valence-corrected chi connectivity index (χ1v) is 9.74. The molecule has 0 aromatic carbocycles. The van der Waals surface area contributed by atoms with Crippen LogP contribution in [-0.4, -0.2) is 81.3 Å². The maximum Gasteiger partial charge on any atom is 0.511 e. The average Bonchev–Trinajstić information content (AvgIpc) is 2.56. The van der Waals surface area contributed by atoms with Crippen molar-refractivity contribution in [2.75, 3.05) is 40.3 Å². The molecule has 1 amide bonds. The highest BCUT2D eigenvalue weighted by Crippen LogP contribution is 2.28. The SMILES string of the molecule is CCCNC(=NCC(=O)N(C)C)NC1CCN(S(=O)(=O)C(F)(F)F)CC1. The highest BCUT2D eigenvalue weighted by atomic mass is 32.2. The molecule has 12 heteroatoms. The lowest BCUT2D eigenvalue weighted by molar-refractivity contribution is -0.127. The predicted octanol–water partition coefficient (Wildman–Crippen LogP) is 0.334. The Hall–Kier alpha value is -1.56. The fourth-order valence-electron chi connectivity index (χ4n) is 2.26. The number of piperidine rings is 1. The standard InChI is InChI=1S/C14H26F3N5O3S/c1-4-7-18-13(19-10-12(23)21(2)3)20-11-5-8-22(9-6-11)26(24,25)14(15,16)17/h11H,4-10H2,1-3H3,(H2,18,19,20). The molecule has 0 saturated carbocycles. The van der Waals surface area contributed by atoms with Crippen LogP contribution >= 0.6 is 0 Å². The first-order valence-electron chi connectivity index (χ1n) is 8.30. The minimum atomic E-state index is -5.29. The molecule has 152 valence electrons. The van der Waals surface area contributed by atoms with Gasteiger partial charge in [0.25, 0.3) is 0 Å². The molecular weight excluding hydrogens is 375 g/mol. The van der Waals surface area contributed by atoms with Gasteiger partial charge < -0.3 is 15.5 Å². The van der Waals surface area contributed by atoms with Gasteiger partial charge in [-0.2, -0.15) is 17.5 Å². The molecule has 0 aromatic heterocycles. The largest absolute Gasteiger partial charge is 0.511 e. The summed E-state index contributed by atoms with van der Waals surface area (Å²) >= 11 is 0. The van der Waals surface area contributed by atoms with Gasteiger partial charge in [-0.1, -0.05) is 6.92 Å². The predicted molar refractivity (Wildman–Crippen MR) is 92.0 cm³/mol. The number of carbonyl (C=O) groups excluding carboxylic acids is 1. The Balaban J connectivity index is 2.66. The highest BCUT2D eigenvalue weighted by molar-refractivity contribution is 7.90. The minimum absolute atomic E-state index is 0.0622. The van der Waals surface area contributed by atoms with Crippen LogP contribution < -0.4 is 10.6 Å². The van der Waals surface area contributed by atoms with E-state index in [4.69, 9.17) is 0 Å². The lowest BCUT2D eigenvalue weighted by Crippen LogP contribution is -2.51. The van der Waals surface area contributed by atoms with Crippen LogP contribution in [0.2, 0.25) is 0 Å². The second-order valence-corrected chi connectivity index (χ2v) is 8.08. The molecule has 0 spiro atoms. The number of sulfonamides is 1. The first kappa shape index (κ1) is 22.5. The van der Waals surface area contributed by atoms with Crippen LogP contribution in [0.15, 0.2) is 4.99 Å². The Morgan fingerprint density at radius 3 is 2.31 bits per heavy atom. The average molecular weight is 401 g/mol. The molecule has 1 aliphatic rings. The maximum absolute atomic E-state index is 12.6. The fraction of sp³-hybridized carbons (Fsp3) is 0.857. The molecule has 1 aliphatic heterocycles. The van der Waals surface area contributed by atoms with Crippen LogP contribution in [0.1, 0.15) is 26.2 Å². The number of carbonyl (C=O) groups is 1. The number of alkyl halides is 3. The Kier molecular flexibility index (Phi) is 8.13. The molecule has 1 rings (SSSR count). The monoisotopic (exact) mass is 401 g/mol. The number of halogens is 3. The van der Waals surface area contributed by atoms with Crippen LogP contribution in [0, 0.1) is 0 Å². The third-order valence-electron chi connectivity index (χ3n) is 3.84. The summed E-state index contributed by atoms with van der Waals surface area (Å²) in [6, 6.07) is -0.229. The maximum atomic E-state index is 12.6. The summed E-state index contributed by atoms with van der Waals surface area (Å²) in [5.41, 5.74) is -5.28. The van der Waals surface area contributed by atoms with Crippen LogP contribution in [0.4, 0.5) is 13.2 Å². The Morgan fingerprint density at radius 2 is 1.85 bits per heavy atom. The molecule has 0 aromatic rings. The molecule has 0 bridgehead atoms. The number of aliphatic imine (C=N–C) groups is 1. The van der Waals surface area contributed by atoms with Crippen molar-refractivity contribution < 1.29 is 26.4 Å². The van der Waals surface area contributed by atoms with Gasteiger partial charge in [0.2, 0.25) is 5.91 Å². The summed E-state index contributed by atoms with van der Waals surface area (Å²) in [4.78, 5) is 17.2. The number of amides is 1. The van der Waals surface area contributed by atoms with Gasteiger partial charge in [-0.3, -0.25) is 4.79 Å². The summed E-state index contributed by atoms with van der Waals surface area (Å²) in [5.74, 6) is 0.202. The number of nitrogens with zero attached hydrogens (tertiary/aromatic N) is 3. The number of nitrogens with one attached hydrogen (secondary N) is 2. The van der Waals surface area contributed by atoms with Gasteiger partial charge in [0, 0.05) is 39.8 Å². The Labute approximate surface area is 151 Å². The quantitative estimate of drug-likeness (QED) is 0.494. The van der Waals surface area contributed by atoms with Gasteiger partial charge in [-0.05, 0) is 19.3 Å². The molecule has 1 saturated heterocycles. The van der Waals surface area contributed by atoms with Crippen LogP contribution in [0.25, 0.3) is 0 Å². The molecule has 0 aliphatic carbocycles. The normalized spacial score (nSPS) is 17.8. The van der Waals surface area contributed by atoms with Gasteiger partial charge in [0.15, 0.2) is 5.96 Å². The molecule has 0 unspecified atom stereocenters. The number of likely N-dealkylation sites (N-methyl/N-ethyl adjacent to an activating group) is 1. The summed E-state index contributed by atoms with van der Waals surface area (Å²) in [5, 5.41) is 6.09. The lowest BCUT2D eigenvalue weighted by atomic mass is 10.1. The van der Waals surface area contributed by atoms with Crippen molar-refractivity contribution in [2.45, 2.75) is 37.7 Å². The van der Waals surface area contributed by atoms with Crippen molar-refractivity contribution in [2.24, 2.45) is 4.99 Å². The van der Waals surface area contributed by atoms with E-state index >= 15 is 0 Å². The van der Waals surface area contributed by atoms with Gasteiger partial charge in [-0.25, -0.2) is 13.4 Å². The zero-order chi connectivity index (χ0) is 20.0. The van der Waals surface area contributed by atoms with Crippen LogP contribution in [0.3, 0.4) is 0 Å². The molecule has 1 fully saturated rings. The van der Waals surface area contributed by atoms with E-state index < -0.39 is 15.5 Å². The van der Waals surface area contributed by atoms with E-state index in [0.717, 1.165) is 6.42 Å². The minimum Gasteiger partial charge on any atom is -0.356 e. The molecule has 26 heavy (non-hydrogen) atoms. The van der Waals surface area contributed by atoms with Crippen molar-refractivity contribution in [1.82, 2.24) is 19.8 Å². The van der Waals surface area contributed by atoms with Crippen molar-refractivity contribution in [3.05, 3.63) is 0 Å². The van der Waals surface area contributed by atoms with E-state index in [9.17, 15) is 26.4 Å². The van der Waals surface area contributed by atoms with E-state index in [-0.39, 0.29) is 44.4 Å². The molecule has 8 nitrogen and oxygen atoms in total. The van der Waals surface area contributed by atoms with Crippen molar-refractivity contribution in [3.8, 4) is 0 Å². The van der Waals surface area contributed by atoms with Crippen LogP contribution in [-0.2, 0) is 14.8 Å². The van der Waals surface area contributed by atoms with E-state index in [1.807, 2.05) is 6.92 Å². The topological polar surface area (TPSA) is 94.1 Å². The smallest absolute Gasteiger partial charge is 0.356 e. The summed E-state index contributed by atoms with van der Waals surface area (Å²) < 4.78 is 61.1. The first-order chi connectivity index (χ1) is 12.0. The van der Waals surface area contributed by atoms with Crippen LogP contribution in [0.5, 0.6) is 0 Å². The number of hydrogen-bond acceptors (Lipinski definition) is 4. The molecule has 0 radical (unpaired) electrons. The van der Waals surface area contributed by atoms with E-state index in [2.05, 4.69) is 15.6 Å². The summed E-state index contributed by atoms with van der Waals surface area (Å²) in [7, 11) is -2.06. The van der Waals surface area contributed by atoms with Crippen molar-refractivity contribution in [1.29, 1.82) is 0 Å². The molecular formula is C14H26F3N5O3S. The summed E-state index contributed by atoms with van der Waals surface area (Å²) in [6.45, 7) is 2.06. The Morgan fingerprint density at radius 1 is 1.27 bits per heavy atom. The van der Waals surface area contributed by atoms with Crippen molar-refractivity contribution >= 4 is 21.9 Å².